The second kappa shape index (κ2) is 4.72. The van der Waals surface area contributed by atoms with E-state index in [1.807, 2.05) is 31.5 Å². The van der Waals surface area contributed by atoms with Crippen LogP contribution >= 0.6 is 11.8 Å². The molecule has 16 heavy (non-hydrogen) atoms. The molecule has 0 aliphatic heterocycles. The number of nitrogens with zero attached hydrogens (tertiary/aromatic N) is 2. The van der Waals surface area contributed by atoms with Gasteiger partial charge in [-0.3, -0.25) is 0 Å². The molecule has 1 heterocycles. The molecule has 0 fully saturated rings. The molecule has 4 heteroatoms. The van der Waals surface area contributed by atoms with Crippen molar-refractivity contribution in [2.24, 2.45) is 0 Å². The Morgan fingerprint density at radius 3 is 2.88 bits per heavy atom. The Balaban J connectivity index is 2.41. The first-order valence-electron chi connectivity index (χ1n) is 5.05. The van der Waals surface area contributed by atoms with Gasteiger partial charge in [-0.05, 0) is 31.4 Å². The van der Waals surface area contributed by atoms with Crippen molar-refractivity contribution in [2.75, 3.05) is 6.26 Å². The maximum absolute atomic E-state index is 9.12. The molecule has 0 saturated heterocycles. The first kappa shape index (κ1) is 11.2. The van der Waals surface area contributed by atoms with Gasteiger partial charge in [0.15, 0.2) is 0 Å². The molecule has 1 N–H and O–H groups in total. The summed E-state index contributed by atoms with van der Waals surface area (Å²) >= 11 is 1.70. The molecule has 1 aromatic carbocycles. The van der Waals surface area contributed by atoms with E-state index in [0.717, 1.165) is 16.9 Å². The summed E-state index contributed by atoms with van der Waals surface area (Å²) in [7, 11) is 0. The van der Waals surface area contributed by atoms with Crippen molar-refractivity contribution in [1.82, 2.24) is 9.78 Å². The molecular formula is C12H14N2OS. The Bertz CT molecular complexity index is 494. The minimum Gasteiger partial charge on any atom is -0.392 e. The van der Waals surface area contributed by atoms with E-state index in [-0.39, 0.29) is 6.61 Å². The Morgan fingerprint density at radius 2 is 2.25 bits per heavy atom. The maximum Gasteiger partial charge on any atom is 0.0715 e. The number of thioether (sulfide) groups is 1. The fourth-order valence-electron chi connectivity index (χ4n) is 1.54. The standard InChI is InChI=1S/C12H14N2OS/c1-9-10(8-15)7-14(13-9)11-4-3-5-12(6-11)16-2/h3-7,15H,8H2,1-2H3. The Kier molecular flexibility index (Phi) is 3.31. The number of benzene rings is 1. The van der Waals surface area contributed by atoms with Crippen molar-refractivity contribution >= 4 is 11.8 Å². The van der Waals surface area contributed by atoms with Crippen molar-refractivity contribution < 1.29 is 5.11 Å². The summed E-state index contributed by atoms with van der Waals surface area (Å²) in [6, 6.07) is 8.17. The average Bonchev–Trinajstić information content (AvgIpc) is 2.71. The van der Waals surface area contributed by atoms with Crippen LogP contribution in [0.3, 0.4) is 0 Å². The summed E-state index contributed by atoms with van der Waals surface area (Å²) in [5.74, 6) is 0. The molecule has 0 aliphatic rings. The zero-order valence-electron chi connectivity index (χ0n) is 9.34. The van der Waals surface area contributed by atoms with Crippen LogP contribution in [0.1, 0.15) is 11.3 Å². The van der Waals surface area contributed by atoms with E-state index in [0.29, 0.717) is 0 Å². The Labute approximate surface area is 99.1 Å². The van der Waals surface area contributed by atoms with E-state index in [1.54, 1.807) is 16.4 Å². The first-order chi connectivity index (χ1) is 7.74. The molecule has 0 amide bonds. The van der Waals surface area contributed by atoms with Crippen molar-refractivity contribution in [3.63, 3.8) is 0 Å². The quantitative estimate of drug-likeness (QED) is 0.829. The molecular weight excluding hydrogens is 220 g/mol. The van der Waals surface area contributed by atoms with Gasteiger partial charge >= 0.3 is 0 Å². The zero-order chi connectivity index (χ0) is 11.5. The van der Waals surface area contributed by atoms with Crippen molar-refractivity contribution in [2.45, 2.75) is 18.4 Å². The normalized spacial score (nSPS) is 10.7. The van der Waals surface area contributed by atoms with Gasteiger partial charge in [0.2, 0.25) is 0 Å². The van der Waals surface area contributed by atoms with Crippen LogP contribution in [0.5, 0.6) is 0 Å². The van der Waals surface area contributed by atoms with Gasteiger partial charge in [0.1, 0.15) is 0 Å². The smallest absolute Gasteiger partial charge is 0.0715 e. The number of hydrogen-bond acceptors (Lipinski definition) is 3. The molecule has 1 aromatic heterocycles. The van der Waals surface area contributed by atoms with Crippen LogP contribution in [0, 0.1) is 6.92 Å². The summed E-state index contributed by atoms with van der Waals surface area (Å²) in [6.07, 6.45) is 3.92. The lowest BCUT2D eigenvalue weighted by atomic mass is 10.3. The molecule has 0 atom stereocenters. The molecule has 84 valence electrons. The lowest BCUT2D eigenvalue weighted by Crippen LogP contribution is -1.94. The van der Waals surface area contributed by atoms with Crippen LogP contribution in [0.15, 0.2) is 35.4 Å². The van der Waals surface area contributed by atoms with Gasteiger partial charge < -0.3 is 5.11 Å². The molecule has 0 radical (unpaired) electrons. The molecule has 0 aliphatic carbocycles. The number of rotatable bonds is 3. The van der Waals surface area contributed by atoms with E-state index in [2.05, 4.69) is 17.2 Å². The summed E-state index contributed by atoms with van der Waals surface area (Å²) in [6.45, 7) is 1.94. The minimum absolute atomic E-state index is 0.0358. The topological polar surface area (TPSA) is 38.0 Å². The van der Waals surface area contributed by atoms with E-state index in [1.165, 1.54) is 4.90 Å². The zero-order valence-corrected chi connectivity index (χ0v) is 10.2. The van der Waals surface area contributed by atoms with Crippen molar-refractivity contribution in [1.29, 1.82) is 0 Å². The fourth-order valence-corrected chi connectivity index (χ4v) is 1.99. The summed E-state index contributed by atoms with van der Waals surface area (Å²) in [5.41, 5.74) is 2.77. The lowest BCUT2D eigenvalue weighted by Gasteiger charge is -2.02. The highest BCUT2D eigenvalue weighted by atomic mass is 32.2. The van der Waals surface area contributed by atoms with E-state index < -0.39 is 0 Å². The van der Waals surface area contributed by atoms with Crippen LogP contribution in [0.4, 0.5) is 0 Å². The number of aryl methyl sites for hydroxylation is 1. The fraction of sp³-hybridized carbons (Fsp3) is 0.250. The number of hydrogen-bond donors (Lipinski definition) is 1. The number of aliphatic hydroxyl groups is 1. The number of aliphatic hydroxyl groups excluding tert-OH is 1. The predicted octanol–water partition coefficient (Wildman–Crippen LogP) is 2.39. The van der Waals surface area contributed by atoms with Crippen LogP contribution in [-0.2, 0) is 6.61 Å². The average molecular weight is 234 g/mol. The van der Waals surface area contributed by atoms with Gasteiger partial charge in [0.25, 0.3) is 0 Å². The highest BCUT2D eigenvalue weighted by Gasteiger charge is 2.05. The second-order valence-electron chi connectivity index (χ2n) is 3.54. The monoisotopic (exact) mass is 234 g/mol. The molecule has 3 nitrogen and oxygen atoms in total. The van der Waals surface area contributed by atoms with Crippen molar-refractivity contribution in [3.8, 4) is 5.69 Å². The lowest BCUT2D eigenvalue weighted by molar-refractivity contribution is 0.281. The Morgan fingerprint density at radius 1 is 1.44 bits per heavy atom. The van der Waals surface area contributed by atoms with E-state index >= 15 is 0 Å². The van der Waals surface area contributed by atoms with Crippen LogP contribution < -0.4 is 0 Å². The molecule has 0 unspecified atom stereocenters. The van der Waals surface area contributed by atoms with Gasteiger partial charge in [-0.2, -0.15) is 5.10 Å². The number of aromatic nitrogens is 2. The third kappa shape index (κ3) is 2.13. The first-order valence-corrected chi connectivity index (χ1v) is 6.27. The largest absolute Gasteiger partial charge is 0.392 e. The van der Waals surface area contributed by atoms with E-state index in [4.69, 9.17) is 5.11 Å². The Hall–Kier alpha value is -1.26. The second-order valence-corrected chi connectivity index (χ2v) is 4.42. The van der Waals surface area contributed by atoms with E-state index in [9.17, 15) is 0 Å². The van der Waals surface area contributed by atoms with Gasteiger partial charge in [-0.25, -0.2) is 4.68 Å². The molecule has 0 spiro atoms. The van der Waals surface area contributed by atoms with Gasteiger partial charge in [-0.15, -0.1) is 11.8 Å². The van der Waals surface area contributed by atoms with Crippen LogP contribution in [-0.4, -0.2) is 21.1 Å². The third-order valence-electron chi connectivity index (χ3n) is 2.49. The molecule has 2 aromatic rings. The minimum atomic E-state index is 0.0358. The summed E-state index contributed by atoms with van der Waals surface area (Å²) in [5, 5.41) is 13.5. The van der Waals surface area contributed by atoms with Gasteiger partial charge in [-0.1, -0.05) is 6.07 Å². The predicted molar refractivity (Wildman–Crippen MR) is 66.0 cm³/mol. The highest BCUT2D eigenvalue weighted by Crippen LogP contribution is 2.19. The summed E-state index contributed by atoms with van der Waals surface area (Å²) < 4.78 is 1.81. The van der Waals surface area contributed by atoms with Gasteiger partial charge in [0.05, 0.1) is 18.0 Å². The van der Waals surface area contributed by atoms with Gasteiger partial charge in [0, 0.05) is 16.7 Å². The third-order valence-corrected chi connectivity index (χ3v) is 3.21. The van der Waals surface area contributed by atoms with Crippen LogP contribution in [0.2, 0.25) is 0 Å². The molecule has 2 rings (SSSR count). The summed E-state index contributed by atoms with van der Waals surface area (Å²) in [4.78, 5) is 1.20. The van der Waals surface area contributed by atoms with Crippen LogP contribution in [0.25, 0.3) is 5.69 Å². The maximum atomic E-state index is 9.12. The molecule has 0 saturated carbocycles. The SMILES string of the molecule is CSc1cccc(-n2cc(CO)c(C)n2)c1. The molecule has 0 bridgehead atoms. The highest BCUT2D eigenvalue weighted by molar-refractivity contribution is 7.98. The van der Waals surface area contributed by atoms with Crippen molar-refractivity contribution in [3.05, 3.63) is 41.7 Å².